The van der Waals surface area contributed by atoms with Crippen molar-refractivity contribution >= 4 is 16.8 Å². The summed E-state index contributed by atoms with van der Waals surface area (Å²) in [5.41, 5.74) is 0. The molecule has 0 saturated heterocycles. The summed E-state index contributed by atoms with van der Waals surface area (Å²) in [6.45, 7) is 2.50. The van der Waals surface area contributed by atoms with E-state index in [1.807, 2.05) is 25.3 Å². The fourth-order valence-corrected chi connectivity index (χ4v) is 1.17. The lowest BCUT2D eigenvalue weighted by Crippen LogP contribution is -2.06. The van der Waals surface area contributed by atoms with Crippen LogP contribution in [-0.2, 0) is 0 Å². The van der Waals surface area contributed by atoms with E-state index < -0.39 is 5.92 Å². The molecule has 3 nitrogen and oxygen atoms in total. The number of hydrogen-bond donors (Lipinski definition) is 0. The molecule has 0 aliphatic rings. The van der Waals surface area contributed by atoms with Gasteiger partial charge in [-0.2, -0.15) is 10.5 Å². The third-order valence-electron chi connectivity index (χ3n) is 1.03. The summed E-state index contributed by atoms with van der Waals surface area (Å²) >= 11 is 1.36. The lowest BCUT2D eigenvalue weighted by molar-refractivity contribution is 1.09. The van der Waals surface area contributed by atoms with Gasteiger partial charge in [0.2, 0.25) is 0 Å². The number of nitriles is 2. The normalized spacial score (nSPS) is 10.8. The largest absolute Gasteiger partial charge is 0.281 e. The van der Waals surface area contributed by atoms with Crippen LogP contribution in [-0.4, -0.2) is 17.8 Å². The summed E-state index contributed by atoms with van der Waals surface area (Å²) in [5, 5.41) is 17.6. The Balaban J connectivity index is 4.40. The molecule has 0 N–H and O–H groups in total. The fraction of sp³-hybridized carbons (Fsp3) is 0.571. The van der Waals surface area contributed by atoms with Gasteiger partial charge < -0.3 is 0 Å². The Morgan fingerprint density at radius 2 is 2.09 bits per heavy atom. The SMILES string of the molecule is CCN=C(SC)C(C#N)C#N. The number of aliphatic imine (C=N–C) groups is 1. The highest BCUT2D eigenvalue weighted by atomic mass is 32.2. The monoisotopic (exact) mass is 167 g/mol. The minimum atomic E-state index is -0.690. The van der Waals surface area contributed by atoms with Crippen LogP contribution in [0.15, 0.2) is 4.99 Å². The lowest BCUT2D eigenvalue weighted by Gasteiger charge is -1.99. The molecule has 0 rings (SSSR count). The minimum Gasteiger partial charge on any atom is -0.281 e. The number of thioether (sulfide) groups is 1. The van der Waals surface area contributed by atoms with Gasteiger partial charge in [-0.25, -0.2) is 0 Å². The molecule has 0 unspecified atom stereocenters. The maximum Gasteiger partial charge on any atom is 0.180 e. The van der Waals surface area contributed by atoms with E-state index in [2.05, 4.69) is 4.99 Å². The first kappa shape index (κ1) is 10.0. The number of rotatable bonds is 2. The summed E-state index contributed by atoms with van der Waals surface area (Å²) in [4.78, 5) is 4.02. The van der Waals surface area contributed by atoms with Crippen molar-refractivity contribution in [1.82, 2.24) is 0 Å². The molecule has 58 valence electrons. The van der Waals surface area contributed by atoms with E-state index in [1.165, 1.54) is 11.8 Å². The maximum absolute atomic E-state index is 8.49. The topological polar surface area (TPSA) is 59.9 Å². The van der Waals surface area contributed by atoms with Crippen LogP contribution in [0.25, 0.3) is 0 Å². The fourth-order valence-electron chi connectivity index (χ4n) is 0.569. The molecule has 4 heteroatoms. The molecule has 0 atom stereocenters. The van der Waals surface area contributed by atoms with Gasteiger partial charge in [0.1, 0.15) is 0 Å². The summed E-state index contributed by atoms with van der Waals surface area (Å²) < 4.78 is 0. The average Bonchev–Trinajstić information content (AvgIpc) is 2.05. The molecule has 0 aromatic heterocycles. The second kappa shape index (κ2) is 5.76. The van der Waals surface area contributed by atoms with E-state index in [-0.39, 0.29) is 0 Å². The zero-order valence-electron chi connectivity index (χ0n) is 6.53. The van der Waals surface area contributed by atoms with Crippen molar-refractivity contribution in [3.8, 4) is 12.1 Å². The minimum absolute atomic E-state index is 0.609. The Morgan fingerprint density at radius 3 is 2.36 bits per heavy atom. The predicted octanol–water partition coefficient (Wildman–Crippen LogP) is 1.43. The predicted molar refractivity (Wildman–Crippen MR) is 46.2 cm³/mol. The van der Waals surface area contributed by atoms with Crippen LogP contribution in [0.1, 0.15) is 6.92 Å². The molecular formula is C7H9N3S. The third kappa shape index (κ3) is 3.06. The van der Waals surface area contributed by atoms with E-state index in [0.29, 0.717) is 11.6 Å². The zero-order chi connectivity index (χ0) is 8.69. The molecule has 0 aliphatic carbocycles. The first-order valence-electron chi connectivity index (χ1n) is 3.17. The first-order chi connectivity index (χ1) is 5.29. The Bertz CT molecular complexity index is 207. The molecule has 0 radical (unpaired) electrons. The van der Waals surface area contributed by atoms with Crippen LogP contribution in [0.5, 0.6) is 0 Å². The van der Waals surface area contributed by atoms with Gasteiger partial charge in [-0.3, -0.25) is 4.99 Å². The summed E-state index contributed by atoms with van der Waals surface area (Å²) in [6.07, 6.45) is 1.82. The zero-order valence-corrected chi connectivity index (χ0v) is 7.35. The van der Waals surface area contributed by atoms with Gasteiger partial charge in [0, 0.05) is 6.54 Å². The standard InChI is InChI=1S/C7H9N3S/c1-3-10-7(11-2)6(4-8)5-9/h6H,3H2,1-2H3. The van der Waals surface area contributed by atoms with Crippen LogP contribution in [0.3, 0.4) is 0 Å². The van der Waals surface area contributed by atoms with Crippen molar-refractivity contribution in [2.24, 2.45) is 10.9 Å². The van der Waals surface area contributed by atoms with E-state index in [0.717, 1.165) is 0 Å². The highest BCUT2D eigenvalue weighted by Gasteiger charge is 2.11. The van der Waals surface area contributed by atoms with E-state index in [1.54, 1.807) is 0 Å². The van der Waals surface area contributed by atoms with Crippen molar-refractivity contribution in [2.75, 3.05) is 12.8 Å². The quantitative estimate of drug-likeness (QED) is 0.461. The molecule has 0 saturated carbocycles. The second-order valence-electron chi connectivity index (χ2n) is 1.71. The molecule has 0 aromatic rings. The molecule has 0 bridgehead atoms. The van der Waals surface area contributed by atoms with Crippen LogP contribution in [0, 0.1) is 28.6 Å². The molecule has 0 aromatic carbocycles. The maximum atomic E-state index is 8.49. The average molecular weight is 167 g/mol. The molecule has 0 fully saturated rings. The highest BCUT2D eigenvalue weighted by molar-refractivity contribution is 8.13. The highest BCUT2D eigenvalue weighted by Crippen LogP contribution is 2.08. The van der Waals surface area contributed by atoms with E-state index in [9.17, 15) is 0 Å². The molecule has 0 heterocycles. The summed E-state index contributed by atoms with van der Waals surface area (Å²) in [6, 6.07) is 3.75. The Labute approximate surface area is 70.7 Å². The van der Waals surface area contributed by atoms with Crippen molar-refractivity contribution in [3.63, 3.8) is 0 Å². The molecule has 0 spiro atoms. The molecule has 0 amide bonds. The van der Waals surface area contributed by atoms with Crippen LogP contribution in [0.2, 0.25) is 0 Å². The van der Waals surface area contributed by atoms with E-state index in [4.69, 9.17) is 10.5 Å². The molecule has 11 heavy (non-hydrogen) atoms. The van der Waals surface area contributed by atoms with Gasteiger partial charge in [-0.15, -0.1) is 11.8 Å². The number of hydrogen-bond acceptors (Lipinski definition) is 4. The van der Waals surface area contributed by atoms with Crippen molar-refractivity contribution in [2.45, 2.75) is 6.92 Å². The number of nitrogens with zero attached hydrogens (tertiary/aromatic N) is 3. The van der Waals surface area contributed by atoms with Gasteiger partial charge in [0.15, 0.2) is 5.92 Å². The van der Waals surface area contributed by atoms with Crippen molar-refractivity contribution < 1.29 is 0 Å². The summed E-state index contributed by atoms with van der Waals surface area (Å²) in [7, 11) is 0. The lowest BCUT2D eigenvalue weighted by atomic mass is 10.2. The van der Waals surface area contributed by atoms with Gasteiger partial charge in [-0.05, 0) is 13.2 Å². The van der Waals surface area contributed by atoms with Gasteiger partial charge >= 0.3 is 0 Å². The van der Waals surface area contributed by atoms with Crippen LogP contribution >= 0.6 is 11.8 Å². The van der Waals surface area contributed by atoms with Crippen LogP contribution in [0.4, 0.5) is 0 Å². The third-order valence-corrected chi connectivity index (χ3v) is 1.81. The van der Waals surface area contributed by atoms with Crippen molar-refractivity contribution in [3.05, 3.63) is 0 Å². The smallest absolute Gasteiger partial charge is 0.180 e. The van der Waals surface area contributed by atoms with Gasteiger partial charge in [0.25, 0.3) is 0 Å². The first-order valence-corrected chi connectivity index (χ1v) is 4.40. The second-order valence-corrected chi connectivity index (χ2v) is 2.53. The van der Waals surface area contributed by atoms with E-state index >= 15 is 0 Å². The molecular weight excluding hydrogens is 158 g/mol. The Hall–Kier alpha value is -1.00. The Kier molecular flexibility index (Phi) is 5.24. The van der Waals surface area contributed by atoms with Crippen molar-refractivity contribution in [1.29, 1.82) is 10.5 Å². The van der Waals surface area contributed by atoms with Crippen LogP contribution < -0.4 is 0 Å². The summed E-state index contributed by atoms with van der Waals surface area (Å²) in [5.74, 6) is -0.690. The molecule has 0 aliphatic heterocycles. The van der Waals surface area contributed by atoms with Gasteiger partial charge in [-0.1, -0.05) is 0 Å². The van der Waals surface area contributed by atoms with Gasteiger partial charge in [0.05, 0.1) is 17.2 Å². The Morgan fingerprint density at radius 1 is 1.55 bits per heavy atom.